The minimum atomic E-state index is 0.145. The van der Waals surface area contributed by atoms with Crippen molar-refractivity contribution in [1.82, 2.24) is 0 Å². The van der Waals surface area contributed by atoms with Gasteiger partial charge in [-0.2, -0.15) is 5.26 Å². The largest absolute Gasteiger partial charge is 0.490 e. The Hall–Kier alpha value is -1.49. The molecule has 18 heavy (non-hydrogen) atoms. The molecular weight excluding hydrogens is 222 g/mol. The molecule has 0 fully saturated rings. The Morgan fingerprint density at radius 2 is 1.72 bits per heavy atom. The van der Waals surface area contributed by atoms with Gasteiger partial charge in [0.15, 0.2) is 0 Å². The van der Waals surface area contributed by atoms with Gasteiger partial charge in [0.1, 0.15) is 11.9 Å². The summed E-state index contributed by atoms with van der Waals surface area (Å²) in [6.07, 6.45) is 2.64. The maximum absolute atomic E-state index is 8.77. The third-order valence-electron chi connectivity index (χ3n) is 2.84. The fraction of sp³-hybridized carbons (Fsp3) is 0.562. The molecule has 0 saturated carbocycles. The number of para-hydroxylation sites is 1. The zero-order chi connectivity index (χ0) is 13.8. The first kappa shape index (κ1) is 16.5. The van der Waals surface area contributed by atoms with Crippen molar-refractivity contribution in [2.45, 2.75) is 53.1 Å². The minimum absolute atomic E-state index is 0.145. The van der Waals surface area contributed by atoms with Gasteiger partial charge in [0.2, 0.25) is 0 Å². The Balaban J connectivity index is 0.00000137. The molecule has 0 amide bonds. The zero-order valence-electron chi connectivity index (χ0n) is 12.0. The molecule has 0 aliphatic heterocycles. The monoisotopic (exact) mass is 247 g/mol. The van der Waals surface area contributed by atoms with Crippen molar-refractivity contribution in [3.05, 3.63) is 30.3 Å². The van der Waals surface area contributed by atoms with E-state index in [9.17, 15) is 0 Å². The lowest BCUT2D eigenvalue weighted by Gasteiger charge is -2.24. The van der Waals surface area contributed by atoms with Crippen molar-refractivity contribution in [3.63, 3.8) is 0 Å². The lowest BCUT2D eigenvalue weighted by Crippen LogP contribution is -2.25. The fourth-order valence-electron chi connectivity index (χ4n) is 1.84. The first-order chi connectivity index (χ1) is 8.81. The zero-order valence-corrected chi connectivity index (χ0v) is 12.0. The number of benzene rings is 1. The molecule has 0 bridgehead atoms. The molecule has 0 aliphatic rings. The molecule has 2 nitrogen and oxygen atoms in total. The summed E-state index contributed by atoms with van der Waals surface area (Å²) in [7, 11) is 0. The molecular formula is C16H25NO. The summed E-state index contributed by atoms with van der Waals surface area (Å²) in [5.74, 6) is 1.22. The second kappa shape index (κ2) is 10.7. The third kappa shape index (κ3) is 5.72. The maximum atomic E-state index is 8.77. The number of nitriles is 1. The molecule has 1 aromatic carbocycles. The normalized spacial score (nSPS) is 12.6. The first-order valence-corrected chi connectivity index (χ1v) is 6.90. The predicted molar refractivity (Wildman–Crippen MR) is 76.5 cm³/mol. The van der Waals surface area contributed by atoms with Crippen molar-refractivity contribution in [2.75, 3.05) is 0 Å². The SMILES string of the molecule is CC.CC[C@H](CC#N)[C@@H](CC)Oc1ccccc1. The van der Waals surface area contributed by atoms with Crippen LogP contribution in [-0.2, 0) is 0 Å². The van der Waals surface area contributed by atoms with Gasteiger partial charge in [-0.3, -0.25) is 0 Å². The number of rotatable bonds is 6. The smallest absolute Gasteiger partial charge is 0.119 e. The summed E-state index contributed by atoms with van der Waals surface area (Å²) < 4.78 is 5.92. The first-order valence-electron chi connectivity index (χ1n) is 6.90. The van der Waals surface area contributed by atoms with Crippen LogP contribution in [0.15, 0.2) is 30.3 Å². The molecule has 0 N–H and O–H groups in total. The van der Waals surface area contributed by atoms with E-state index in [-0.39, 0.29) is 6.10 Å². The number of hydrogen-bond acceptors (Lipinski definition) is 2. The molecule has 0 unspecified atom stereocenters. The van der Waals surface area contributed by atoms with E-state index in [1.807, 2.05) is 44.2 Å². The second-order valence-electron chi connectivity index (χ2n) is 3.91. The molecule has 1 aromatic rings. The molecule has 1 rings (SSSR count). The highest BCUT2D eigenvalue weighted by atomic mass is 16.5. The van der Waals surface area contributed by atoms with Crippen LogP contribution in [0.25, 0.3) is 0 Å². The summed E-state index contributed by atoms with van der Waals surface area (Å²) in [4.78, 5) is 0. The van der Waals surface area contributed by atoms with Crippen LogP contribution in [0.5, 0.6) is 5.75 Å². The van der Waals surface area contributed by atoms with Crippen LogP contribution >= 0.6 is 0 Å². The quantitative estimate of drug-likeness (QED) is 0.722. The van der Waals surface area contributed by atoms with Crippen molar-refractivity contribution in [1.29, 1.82) is 5.26 Å². The van der Waals surface area contributed by atoms with E-state index in [0.717, 1.165) is 18.6 Å². The Kier molecular flexibility index (Phi) is 9.77. The van der Waals surface area contributed by atoms with Gasteiger partial charge in [0.25, 0.3) is 0 Å². The average Bonchev–Trinajstić information content (AvgIpc) is 2.46. The Morgan fingerprint density at radius 3 is 2.17 bits per heavy atom. The van der Waals surface area contributed by atoms with Crippen LogP contribution in [0, 0.1) is 17.2 Å². The minimum Gasteiger partial charge on any atom is -0.490 e. The maximum Gasteiger partial charge on any atom is 0.119 e. The summed E-state index contributed by atoms with van der Waals surface area (Å²) in [5, 5.41) is 8.77. The van der Waals surface area contributed by atoms with Gasteiger partial charge < -0.3 is 4.74 Å². The number of ether oxygens (including phenoxy) is 1. The van der Waals surface area contributed by atoms with E-state index in [4.69, 9.17) is 10.00 Å². The van der Waals surface area contributed by atoms with Gasteiger partial charge in [-0.25, -0.2) is 0 Å². The fourth-order valence-corrected chi connectivity index (χ4v) is 1.84. The van der Waals surface area contributed by atoms with Crippen molar-refractivity contribution < 1.29 is 4.74 Å². The summed E-state index contributed by atoms with van der Waals surface area (Å²) in [6, 6.07) is 12.1. The average molecular weight is 247 g/mol. The molecule has 0 aliphatic carbocycles. The topological polar surface area (TPSA) is 33.0 Å². The molecule has 2 atom stereocenters. The lowest BCUT2D eigenvalue weighted by atomic mass is 9.94. The molecule has 100 valence electrons. The van der Waals surface area contributed by atoms with E-state index in [1.54, 1.807) is 0 Å². The van der Waals surface area contributed by atoms with E-state index in [0.29, 0.717) is 12.3 Å². The highest BCUT2D eigenvalue weighted by Gasteiger charge is 2.19. The van der Waals surface area contributed by atoms with Crippen LogP contribution in [0.1, 0.15) is 47.0 Å². The Labute approximate surface area is 112 Å². The highest BCUT2D eigenvalue weighted by molar-refractivity contribution is 5.21. The van der Waals surface area contributed by atoms with Crippen molar-refractivity contribution in [2.24, 2.45) is 5.92 Å². The van der Waals surface area contributed by atoms with E-state index >= 15 is 0 Å². The number of nitrogens with zero attached hydrogens (tertiary/aromatic N) is 1. The van der Waals surface area contributed by atoms with Gasteiger partial charge in [-0.1, -0.05) is 45.9 Å². The standard InChI is InChI=1S/C14H19NO.C2H6/c1-3-12(10-11-15)14(4-2)16-13-8-6-5-7-9-13;1-2/h5-9,12,14H,3-4,10H2,1-2H3;1-2H3/t12-,14-;/m1./s1. The molecule has 0 heterocycles. The number of hydrogen-bond donors (Lipinski definition) is 0. The summed E-state index contributed by atoms with van der Waals surface area (Å²) in [6.45, 7) is 8.21. The van der Waals surface area contributed by atoms with Crippen LogP contribution in [-0.4, -0.2) is 6.10 Å². The molecule has 2 heteroatoms. The van der Waals surface area contributed by atoms with E-state index in [2.05, 4.69) is 19.9 Å². The van der Waals surface area contributed by atoms with Crippen LogP contribution in [0.4, 0.5) is 0 Å². The molecule has 0 saturated heterocycles. The van der Waals surface area contributed by atoms with Crippen molar-refractivity contribution >= 4 is 0 Å². The summed E-state index contributed by atoms with van der Waals surface area (Å²) >= 11 is 0. The van der Waals surface area contributed by atoms with Crippen LogP contribution < -0.4 is 4.74 Å². The van der Waals surface area contributed by atoms with Gasteiger partial charge in [0.05, 0.1) is 6.07 Å². The Morgan fingerprint density at radius 1 is 1.11 bits per heavy atom. The second-order valence-corrected chi connectivity index (χ2v) is 3.91. The molecule has 0 radical (unpaired) electrons. The van der Waals surface area contributed by atoms with Gasteiger partial charge in [-0.05, 0) is 25.0 Å². The summed E-state index contributed by atoms with van der Waals surface area (Å²) in [5.41, 5.74) is 0. The lowest BCUT2D eigenvalue weighted by molar-refractivity contribution is 0.128. The highest BCUT2D eigenvalue weighted by Crippen LogP contribution is 2.22. The predicted octanol–water partition coefficient (Wildman–Crippen LogP) is 4.81. The van der Waals surface area contributed by atoms with E-state index < -0.39 is 0 Å². The Bertz CT molecular complexity index is 329. The van der Waals surface area contributed by atoms with Crippen molar-refractivity contribution in [3.8, 4) is 11.8 Å². The molecule has 0 aromatic heterocycles. The van der Waals surface area contributed by atoms with Gasteiger partial charge >= 0.3 is 0 Å². The van der Waals surface area contributed by atoms with Crippen LogP contribution in [0.2, 0.25) is 0 Å². The van der Waals surface area contributed by atoms with Gasteiger partial charge in [0, 0.05) is 12.3 Å². The van der Waals surface area contributed by atoms with Gasteiger partial charge in [-0.15, -0.1) is 0 Å². The molecule has 0 spiro atoms. The van der Waals surface area contributed by atoms with Crippen LogP contribution in [0.3, 0.4) is 0 Å². The van der Waals surface area contributed by atoms with E-state index in [1.165, 1.54) is 0 Å². The third-order valence-corrected chi connectivity index (χ3v) is 2.84.